The van der Waals surface area contributed by atoms with E-state index in [1.54, 1.807) is 7.05 Å². The van der Waals surface area contributed by atoms with E-state index in [-0.39, 0.29) is 13.1 Å². The van der Waals surface area contributed by atoms with Crippen LogP contribution in [0.2, 0.25) is 0 Å². The highest BCUT2D eigenvalue weighted by atomic mass is 35.5. The largest absolute Gasteiger partial charge is 0.460 e. The van der Waals surface area contributed by atoms with E-state index in [9.17, 15) is 15.0 Å². The lowest BCUT2D eigenvalue weighted by Gasteiger charge is -2.42. The molecule has 1 fully saturated rings. The van der Waals surface area contributed by atoms with Crippen molar-refractivity contribution < 1.29 is 34.0 Å². The maximum Gasteiger partial charge on any atom is 0.293 e. The maximum absolute atomic E-state index is 10.6. The summed E-state index contributed by atoms with van der Waals surface area (Å²) in [7, 11) is 1.63. The van der Waals surface area contributed by atoms with Gasteiger partial charge in [0.2, 0.25) is 0 Å². The maximum atomic E-state index is 10.6. The van der Waals surface area contributed by atoms with Crippen molar-refractivity contribution in [2.45, 2.75) is 30.6 Å². The van der Waals surface area contributed by atoms with E-state index >= 15 is 0 Å². The first kappa shape index (κ1) is 18.6. The highest BCUT2D eigenvalue weighted by Crippen LogP contribution is 2.23. The standard InChI is InChI=1S/C12H22ClNO7/c1-14-9-11(20-7-16)10(17)8(6-15)21-12(9)19-5-4-18-3-2-13/h7-12,14-15,17H,2-6H2,1H3. The van der Waals surface area contributed by atoms with E-state index in [2.05, 4.69) is 5.32 Å². The van der Waals surface area contributed by atoms with Gasteiger partial charge in [0.25, 0.3) is 6.47 Å². The van der Waals surface area contributed by atoms with Gasteiger partial charge in [-0.3, -0.25) is 4.79 Å². The lowest BCUT2D eigenvalue weighted by Crippen LogP contribution is -2.64. The summed E-state index contributed by atoms with van der Waals surface area (Å²) in [6, 6.07) is -0.568. The summed E-state index contributed by atoms with van der Waals surface area (Å²) in [5.74, 6) is 0.396. The van der Waals surface area contributed by atoms with Crippen molar-refractivity contribution in [3.8, 4) is 0 Å². The summed E-state index contributed by atoms with van der Waals surface area (Å²) in [6.07, 6.45) is -3.72. The average Bonchev–Trinajstić information content (AvgIpc) is 2.50. The summed E-state index contributed by atoms with van der Waals surface area (Å²) >= 11 is 5.48. The smallest absolute Gasteiger partial charge is 0.293 e. The molecule has 0 spiro atoms. The highest BCUT2D eigenvalue weighted by Gasteiger charge is 2.46. The van der Waals surface area contributed by atoms with Gasteiger partial charge in [0, 0.05) is 5.88 Å². The Morgan fingerprint density at radius 1 is 1.38 bits per heavy atom. The molecule has 0 aliphatic carbocycles. The normalized spacial score (nSPS) is 32.9. The predicted octanol–water partition coefficient (Wildman–Crippen LogP) is -1.53. The monoisotopic (exact) mass is 327 g/mol. The number of hydrogen-bond donors (Lipinski definition) is 3. The zero-order valence-corrected chi connectivity index (χ0v) is 12.6. The number of ether oxygens (including phenoxy) is 4. The van der Waals surface area contributed by atoms with Gasteiger partial charge in [0.1, 0.15) is 12.2 Å². The van der Waals surface area contributed by atoms with Crippen LogP contribution >= 0.6 is 11.6 Å². The molecule has 0 amide bonds. The summed E-state index contributed by atoms with van der Waals surface area (Å²) in [5.41, 5.74) is 0. The number of rotatable bonds is 10. The number of aliphatic hydroxyl groups excluding tert-OH is 2. The van der Waals surface area contributed by atoms with Gasteiger partial charge in [-0.1, -0.05) is 0 Å². The van der Waals surface area contributed by atoms with Crippen LogP contribution in [-0.2, 0) is 23.7 Å². The molecule has 5 unspecified atom stereocenters. The third-order valence-electron chi connectivity index (χ3n) is 3.13. The number of hydrogen-bond acceptors (Lipinski definition) is 8. The van der Waals surface area contributed by atoms with Crippen LogP contribution < -0.4 is 5.32 Å². The molecule has 1 aliphatic heterocycles. The second kappa shape index (κ2) is 10.3. The molecule has 0 radical (unpaired) electrons. The first-order valence-electron chi connectivity index (χ1n) is 6.65. The Morgan fingerprint density at radius 2 is 2.14 bits per heavy atom. The van der Waals surface area contributed by atoms with E-state index in [1.165, 1.54) is 0 Å². The second-order valence-corrected chi connectivity index (χ2v) is 4.78. The molecule has 0 saturated carbocycles. The molecule has 3 N–H and O–H groups in total. The van der Waals surface area contributed by atoms with Crippen LogP contribution in [0.5, 0.6) is 0 Å². The molecule has 1 heterocycles. The third-order valence-corrected chi connectivity index (χ3v) is 3.29. The van der Waals surface area contributed by atoms with Crippen LogP contribution in [0, 0.1) is 0 Å². The minimum atomic E-state index is -1.15. The third kappa shape index (κ3) is 5.33. The molecule has 1 saturated heterocycles. The Kier molecular flexibility index (Phi) is 9.09. The van der Waals surface area contributed by atoms with E-state index in [1.807, 2.05) is 0 Å². The summed E-state index contributed by atoms with van der Waals surface area (Å²) in [5, 5.41) is 22.1. The fourth-order valence-corrected chi connectivity index (χ4v) is 2.23. The van der Waals surface area contributed by atoms with Crippen molar-refractivity contribution in [3.63, 3.8) is 0 Å². The van der Waals surface area contributed by atoms with Gasteiger partial charge in [-0.05, 0) is 7.05 Å². The number of nitrogens with one attached hydrogen (secondary N) is 1. The van der Waals surface area contributed by atoms with Crippen LogP contribution in [-0.4, -0.2) is 86.7 Å². The van der Waals surface area contributed by atoms with Crippen molar-refractivity contribution in [2.75, 3.05) is 39.4 Å². The molecule has 124 valence electrons. The lowest BCUT2D eigenvalue weighted by atomic mass is 9.97. The molecule has 21 heavy (non-hydrogen) atoms. The zero-order valence-electron chi connectivity index (χ0n) is 11.8. The molecule has 0 aromatic heterocycles. The summed E-state index contributed by atoms with van der Waals surface area (Å²) < 4.78 is 21.1. The first-order chi connectivity index (χ1) is 10.2. The summed E-state index contributed by atoms with van der Waals surface area (Å²) in [6.45, 7) is 0.814. The average molecular weight is 328 g/mol. The fraction of sp³-hybridized carbons (Fsp3) is 0.917. The van der Waals surface area contributed by atoms with Gasteiger partial charge in [-0.2, -0.15) is 0 Å². The Balaban J connectivity index is 2.59. The lowest BCUT2D eigenvalue weighted by molar-refractivity contribution is -0.273. The van der Waals surface area contributed by atoms with Crippen molar-refractivity contribution in [3.05, 3.63) is 0 Å². The molecule has 8 nitrogen and oxygen atoms in total. The number of likely N-dealkylation sites (N-methyl/N-ethyl adjacent to an activating group) is 1. The van der Waals surface area contributed by atoms with Crippen LogP contribution in [0.1, 0.15) is 0 Å². The molecule has 5 atom stereocenters. The van der Waals surface area contributed by atoms with Crippen molar-refractivity contribution in [1.29, 1.82) is 0 Å². The molecule has 0 aromatic carbocycles. The van der Waals surface area contributed by atoms with E-state index < -0.39 is 37.3 Å². The van der Waals surface area contributed by atoms with Gasteiger partial charge in [-0.25, -0.2) is 0 Å². The van der Waals surface area contributed by atoms with Crippen LogP contribution in [0.4, 0.5) is 0 Å². The molecule has 9 heteroatoms. The molecule has 0 aromatic rings. The highest BCUT2D eigenvalue weighted by molar-refractivity contribution is 6.17. The Hall–Kier alpha value is -0.480. The first-order valence-corrected chi connectivity index (χ1v) is 7.19. The van der Waals surface area contributed by atoms with Gasteiger partial charge < -0.3 is 34.5 Å². The molecule has 1 rings (SSSR count). The van der Waals surface area contributed by atoms with Gasteiger partial charge in [-0.15, -0.1) is 11.6 Å². The van der Waals surface area contributed by atoms with Crippen molar-refractivity contribution in [2.24, 2.45) is 0 Å². The van der Waals surface area contributed by atoms with E-state index in [4.69, 9.17) is 30.5 Å². The van der Waals surface area contributed by atoms with Gasteiger partial charge in [0.05, 0.1) is 32.5 Å². The minimum Gasteiger partial charge on any atom is -0.460 e. The van der Waals surface area contributed by atoms with Gasteiger partial charge in [0.15, 0.2) is 12.4 Å². The van der Waals surface area contributed by atoms with Crippen LogP contribution in [0.15, 0.2) is 0 Å². The van der Waals surface area contributed by atoms with E-state index in [0.29, 0.717) is 19.1 Å². The van der Waals surface area contributed by atoms with E-state index in [0.717, 1.165) is 0 Å². The molecule has 1 aliphatic rings. The Bertz CT molecular complexity index is 297. The molecular formula is C12H22ClNO7. The Labute approximate surface area is 128 Å². The number of aliphatic hydroxyl groups is 2. The number of carbonyl (C=O) groups is 1. The number of carbonyl (C=O) groups excluding carboxylic acids is 1. The number of halogens is 1. The predicted molar refractivity (Wildman–Crippen MR) is 73.0 cm³/mol. The zero-order chi connectivity index (χ0) is 15.7. The second-order valence-electron chi connectivity index (χ2n) is 4.40. The fourth-order valence-electron chi connectivity index (χ4n) is 2.12. The molecule has 0 bridgehead atoms. The quantitative estimate of drug-likeness (QED) is 0.252. The van der Waals surface area contributed by atoms with Crippen molar-refractivity contribution in [1.82, 2.24) is 5.32 Å². The topological polar surface area (TPSA) is 106 Å². The number of alkyl halides is 1. The Morgan fingerprint density at radius 3 is 2.71 bits per heavy atom. The summed E-state index contributed by atoms with van der Waals surface area (Å²) in [4.78, 5) is 10.6. The molecular weight excluding hydrogens is 306 g/mol. The van der Waals surface area contributed by atoms with Crippen LogP contribution in [0.3, 0.4) is 0 Å². The van der Waals surface area contributed by atoms with Crippen LogP contribution in [0.25, 0.3) is 0 Å². The SMILES string of the molecule is CNC1C(OCCOCCCl)OC(CO)C(O)C1OC=O. The minimum absolute atomic E-state index is 0.238. The van der Waals surface area contributed by atoms with Gasteiger partial charge >= 0.3 is 0 Å². The van der Waals surface area contributed by atoms with Crippen molar-refractivity contribution >= 4 is 18.1 Å².